The van der Waals surface area contributed by atoms with E-state index < -0.39 is 23.6 Å². The van der Waals surface area contributed by atoms with E-state index in [1.54, 1.807) is 45.1 Å². The molecule has 1 aromatic carbocycles. The number of carbonyl (C=O) groups excluding carboxylic acids is 2. The van der Waals surface area contributed by atoms with E-state index in [2.05, 4.69) is 5.32 Å². The fourth-order valence-corrected chi connectivity index (χ4v) is 1.95. The summed E-state index contributed by atoms with van der Waals surface area (Å²) >= 11 is 0. The summed E-state index contributed by atoms with van der Waals surface area (Å²) in [6.07, 6.45) is 3.05. The predicted octanol–water partition coefficient (Wildman–Crippen LogP) is 2.35. The SMILES string of the molecule is C/C=C/c1cc(C[C@H](NC(=O)OC(C)(C)C)C(N)=O)ccc1O.[Ac]. The molecule has 6 nitrogen and oxygen atoms in total. The molecule has 1 radical (unpaired) electrons. The number of benzene rings is 1. The van der Waals surface area contributed by atoms with Gasteiger partial charge in [0.2, 0.25) is 5.91 Å². The Morgan fingerprint density at radius 2 is 2.00 bits per heavy atom. The molecule has 0 heterocycles. The van der Waals surface area contributed by atoms with Crippen molar-refractivity contribution in [2.45, 2.75) is 45.8 Å². The summed E-state index contributed by atoms with van der Waals surface area (Å²) in [6.45, 7) is 7.03. The van der Waals surface area contributed by atoms with Crippen molar-refractivity contribution in [2.75, 3.05) is 0 Å². The molecule has 0 saturated carbocycles. The minimum Gasteiger partial charge on any atom is -0.507 e. The molecular formula is C17H24AcN2O4. The van der Waals surface area contributed by atoms with Crippen LogP contribution in [0.1, 0.15) is 38.8 Å². The van der Waals surface area contributed by atoms with Gasteiger partial charge in [-0.1, -0.05) is 18.2 Å². The predicted molar refractivity (Wildman–Crippen MR) is 88.9 cm³/mol. The summed E-state index contributed by atoms with van der Waals surface area (Å²) in [5.41, 5.74) is 6.08. The first-order valence-corrected chi connectivity index (χ1v) is 7.36. The molecule has 7 heteroatoms. The number of rotatable bonds is 5. The molecule has 0 fully saturated rings. The van der Waals surface area contributed by atoms with Crippen LogP contribution in [0, 0.1) is 44.1 Å². The summed E-state index contributed by atoms with van der Waals surface area (Å²) in [4.78, 5) is 23.4. The van der Waals surface area contributed by atoms with Crippen LogP contribution in [-0.4, -0.2) is 28.7 Å². The zero-order valence-electron chi connectivity index (χ0n) is 14.5. The average molecular weight is 547 g/mol. The Balaban J connectivity index is 0.00000529. The minimum absolute atomic E-state index is 0. The Labute approximate surface area is 178 Å². The third-order valence-electron chi connectivity index (χ3n) is 2.91. The maximum absolute atomic E-state index is 11.8. The number of alkyl carbamates (subject to hydrolysis) is 1. The molecule has 0 spiro atoms. The first-order chi connectivity index (χ1) is 10.6. The fourth-order valence-electron chi connectivity index (χ4n) is 1.95. The number of phenols is 1. The fraction of sp³-hybridized carbons (Fsp3) is 0.412. The summed E-state index contributed by atoms with van der Waals surface area (Å²) in [7, 11) is 0. The van der Waals surface area contributed by atoms with Gasteiger partial charge >= 0.3 is 6.09 Å². The van der Waals surface area contributed by atoms with Crippen molar-refractivity contribution in [2.24, 2.45) is 5.73 Å². The molecule has 1 rings (SSSR count). The van der Waals surface area contributed by atoms with E-state index in [1.165, 1.54) is 6.07 Å². The average Bonchev–Trinajstić information content (AvgIpc) is 2.39. The number of aromatic hydroxyl groups is 1. The van der Waals surface area contributed by atoms with Gasteiger partial charge in [-0.2, -0.15) is 0 Å². The Morgan fingerprint density at radius 1 is 1.38 bits per heavy atom. The van der Waals surface area contributed by atoms with Crippen molar-refractivity contribution in [3.8, 4) is 5.75 Å². The number of amides is 2. The number of nitrogens with two attached hydrogens (primary N) is 1. The normalized spacial score (nSPS) is 12.3. The van der Waals surface area contributed by atoms with Gasteiger partial charge in [0.1, 0.15) is 17.4 Å². The smallest absolute Gasteiger partial charge is 0.408 e. The Morgan fingerprint density at radius 3 is 2.50 bits per heavy atom. The quantitative estimate of drug-likeness (QED) is 0.527. The Kier molecular flexibility index (Phi) is 9.61. The molecular weight excluding hydrogens is 523 g/mol. The summed E-state index contributed by atoms with van der Waals surface area (Å²) < 4.78 is 5.13. The van der Waals surface area contributed by atoms with E-state index in [0.29, 0.717) is 5.56 Å². The van der Waals surface area contributed by atoms with Gasteiger partial charge in [0.25, 0.3) is 0 Å². The molecule has 0 bridgehead atoms. The minimum atomic E-state index is -0.896. The summed E-state index contributed by atoms with van der Waals surface area (Å²) in [6, 6.07) is 4.06. The van der Waals surface area contributed by atoms with E-state index in [4.69, 9.17) is 10.5 Å². The van der Waals surface area contributed by atoms with Crippen molar-refractivity contribution in [3.05, 3.63) is 35.4 Å². The first-order valence-electron chi connectivity index (χ1n) is 7.36. The Bertz CT molecular complexity index is 609. The molecule has 0 aliphatic heterocycles. The molecule has 0 unspecified atom stereocenters. The van der Waals surface area contributed by atoms with Crippen LogP contribution in [0.3, 0.4) is 0 Å². The second kappa shape index (κ2) is 10.1. The number of carbonyl (C=O) groups is 2. The van der Waals surface area contributed by atoms with Gasteiger partial charge in [-0.15, -0.1) is 0 Å². The van der Waals surface area contributed by atoms with Crippen molar-refractivity contribution in [3.63, 3.8) is 0 Å². The Hall–Kier alpha value is -1.06. The molecule has 1 aromatic rings. The number of hydrogen-bond donors (Lipinski definition) is 3. The van der Waals surface area contributed by atoms with E-state index in [-0.39, 0.29) is 56.2 Å². The second-order valence-corrected chi connectivity index (χ2v) is 6.20. The summed E-state index contributed by atoms with van der Waals surface area (Å²) in [5.74, 6) is -0.515. The summed E-state index contributed by atoms with van der Waals surface area (Å²) in [5, 5.41) is 12.2. The van der Waals surface area contributed by atoms with E-state index in [1.807, 2.05) is 6.92 Å². The molecule has 0 aromatic heterocycles. The van der Waals surface area contributed by atoms with E-state index >= 15 is 0 Å². The van der Waals surface area contributed by atoms with Gasteiger partial charge < -0.3 is 20.9 Å². The monoisotopic (exact) mass is 547 g/mol. The van der Waals surface area contributed by atoms with Crippen LogP contribution in [0.2, 0.25) is 0 Å². The second-order valence-electron chi connectivity index (χ2n) is 6.20. The number of hydrogen-bond acceptors (Lipinski definition) is 4. The molecule has 24 heavy (non-hydrogen) atoms. The van der Waals surface area contributed by atoms with E-state index in [9.17, 15) is 14.7 Å². The van der Waals surface area contributed by atoms with Gasteiger partial charge in [-0.25, -0.2) is 4.79 Å². The third-order valence-corrected chi connectivity index (χ3v) is 2.91. The number of ether oxygens (including phenoxy) is 1. The number of phenolic OH excluding ortho intramolecular Hbond substituents is 1. The number of nitrogens with one attached hydrogen (secondary N) is 1. The van der Waals surface area contributed by atoms with Crippen LogP contribution < -0.4 is 11.1 Å². The van der Waals surface area contributed by atoms with Gasteiger partial charge in [-0.3, -0.25) is 4.79 Å². The maximum atomic E-state index is 11.8. The maximum Gasteiger partial charge on any atom is 0.408 e. The number of primary amides is 1. The van der Waals surface area contributed by atoms with Crippen LogP contribution in [-0.2, 0) is 16.0 Å². The van der Waals surface area contributed by atoms with Crippen LogP contribution in [0.25, 0.3) is 6.08 Å². The third kappa shape index (κ3) is 8.16. The first kappa shape index (κ1) is 22.9. The molecule has 0 saturated heterocycles. The molecule has 4 N–H and O–H groups in total. The van der Waals surface area contributed by atoms with Crippen LogP contribution in [0.4, 0.5) is 4.79 Å². The van der Waals surface area contributed by atoms with Crippen LogP contribution in [0.5, 0.6) is 5.75 Å². The van der Waals surface area contributed by atoms with E-state index in [0.717, 1.165) is 5.56 Å². The number of allylic oxidation sites excluding steroid dienone is 1. The van der Waals surface area contributed by atoms with Crippen LogP contribution >= 0.6 is 0 Å². The zero-order valence-corrected chi connectivity index (χ0v) is 19.2. The topological polar surface area (TPSA) is 102 Å². The van der Waals surface area contributed by atoms with Crippen molar-refractivity contribution in [1.29, 1.82) is 0 Å². The largest absolute Gasteiger partial charge is 0.507 e. The zero-order chi connectivity index (χ0) is 17.6. The standard InChI is InChI=1S/C17H24N2O4.Ac/c1-5-6-12-9-11(7-8-14(12)20)10-13(15(18)21)19-16(22)23-17(2,3)4;/h5-9,13,20H,10H2,1-4H3,(H2,18,21)(H,19,22);/b6-5+;/t13-;/m0./s1. The van der Waals surface area contributed by atoms with Crippen LogP contribution in [0.15, 0.2) is 24.3 Å². The van der Waals surface area contributed by atoms with Gasteiger partial charge in [-0.05, 0) is 45.4 Å². The van der Waals surface area contributed by atoms with Gasteiger partial charge in [0.05, 0.1) is 0 Å². The van der Waals surface area contributed by atoms with Crippen molar-refractivity contribution < 1.29 is 63.5 Å². The van der Waals surface area contributed by atoms with Gasteiger partial charge in [0, 0.05) is 56.0 Å². The molecule has 129 valence electrons. The van der Waals surface area contributed by atoms with Gasteiger partial charge in [0.15, 0.2) is 0 Å². The molecule has 0 aliphatic rings. The van der Waals surface area contributed by atoms with Crippen molar-refractivity contribution in [1.82, 2.24) is 5.32 Å². The molecule has 1 atom stereocenters. The molecule has 2 amide bonds. The molecule has 0 aliphatic carbocycles. The van der Waals surface area contributed by atoms with Crippen molar-refractivity contribution >= 4 is 18.1 Å².